The predicted octanol–water partition coefficient (Wildman–Crippen LogP) is 0.331. The number of non-ortho nitro benzene ring substituents is 1. The summed E-state index contributed by atoms with van der Waals surface area (Å²) >= 11 is 5.75. The van der Waals surface area contributed by atoms with Crippen LogP contribution < -0.4 is 5.32 Å². The van der Waals surface area contributed by atoms with Crippen molar-refractivity contribution in [2.24, 2.45) is 0 Å². The van der Waals surface area contributed by atoms with E-state index in [2.05, 4.69) is 5.32 Å². The van der Waals surface area contributed by atoms with Crippen LogP contribution in [-0.2, 0) is 0 Å². The Kier molecular flexibility index (Phi) is 5.02. The maximum absolute atomic E-state index is 11.7. The Morgan fingerprint density at radius 3 is 2.50 bits per heavy atom. The lowest BCUT2D eigenvalue weighted by atomic mass is 10.2. The Balaban J connectivity index is 2.90. The highest BCUT2D eigenvalue weighted by molar-refractivity contribution is 6.34. The van der Waals surface area contributed by atoms with Gasteiger partial charge in [-0.3, -0.25) is 14.9 Å². The molecule has 1 amide bonds. The summed E-state index contributed by atoms with van der Waals surface area (Å²) in [5.41, 5.74) is -0.188. The van der Waals surface area contributed by atoms with E-state index in [4.69, 9.17) is 21.8 Å². The normalized spacial score (nSPS) is 10.4. The molecule has 1 aromatic rings. The van der Waals surface area contributed by atoms with Crippen molar-refractivity contribution in [2.75, 3.05) is 13.2 Å². The zero-order valence-electron chi connectivity index (χ0n) is 9.17. The molecule has 0 fully saturated rings. The van der Waals surface area contributed by atoms with Crippen LogP contribution in [0.25, 0.3) is 0 Å². The van der Waals surface area contributed by atoms with Gasteiger partial charge in [-0.15, -0.1) is 0 Å². The van der Waals surface area contributed by atoms with Gasteiger partial charge in [0.25, 0.3) is 11.6 Å². The molecule has 0 saturated carbocycles. The Morgan fingerprint density at radius 1 is 1.44 bits per heavy atom. The number of aliphatic hydroxyl groups excluding tert-OH is 2. The monoisotopic (exact) mass is 274 g/mol. The molecule has 0 unspecified atom stereocenters. The van der Waals surface area contributed by atoms with Crippen molar-refractivity contribution in [3.05, 3.63) is 38.9 Å². The van der Waals surface area contributed by atoms with Crippen molar-refractivity contribution in [3.8, 4) is 0 Å². The summed E-state index contributed by atoms with van der Waals surface area (Å²) < 4.78 is 0. The number of nitro groups is 1. The number of amides is 1. The second kappa shape index (κ2) is 6.29. The number of rotatable bonds is 5. The zero-order chi connectivity index (χ0) is 13.7. The average Bonchev–Trinajstić information content (AvgIpc) is 2.35. The van der Waals surface area contributed by atoms with Gasteiger partial charge in [0.05, 0.1) is 34.8 Å². The van der Waals surface area contributed by atoms with Gasteiger partial charge in [-0.1, -0.05) is 11.6 Å². The van der Waals surface area contributed by atoms with E-state index in [0.717, 1.165) is 12.1 Å². The molecule has 0 aliphatic rings. The summed E-state index contributed by atoms with van der Waals surface area (Å²) in [6.07, 6.45) is 0. The summed E-state index contributed by atoms with van der Waals surface area (Å²) in [6, 6.07) is 2.61. The van der Waals surface area contributed by atoms with Crippen LogP contribution in [0.15, 0.2) is 18.2 Å². The largest absolute Gasteiger partial charge is 0.394 e. The minimum atomic E-state index is -0.802. The Bertz CT molecular complexity index is 462. The number of carbonyl (C=O) groups excluding carboxylic acids is 1. The van der Waals surface area contributed by atoms with Crippen LogP contribution in [0.1, 0.15) is 10.4 Å². The summed E-state index contributed by atoms with van der Waals surface area (Å²) in [4.78, 5) is 21.5. The predicted molar refractivity (Wildman–Crippen MR) is 63.5 cm³/mol. The summed E-state index contributed by atoms with van der Waals surface area (Å²) in [5, 5.41) is 30.4. The number of nitrogens with zero attached hydrogens (tertiary/aromatic N) is 1. The van der Waals surface area contributed by atoms with E-state index < -0.39 is 30.1 Å². The standard InChI is InChI=1S/C10H11ClN2O5/c11-9-3-7(13(17)18)1-2-8(9)10(16)12-6(4-14)5-15/h1-3,6,14-15H,4-5H2,(H,12,16). The number of hydrogen-bond acceptors (Lipinski definition) is 5. The van der Waals surface area contributed by atoms with E-state index in [1.54, 1.807) is 0 Å². The highest BCUT2D eigenvalue weighted by atomic mass is 35.5. The summed E-state index contributed by atoms with van der Waals surface area (Å²) in [5.74, 6) is -0.622. The Hall–Kier alpha value is -1.70. The molecule has 0 saturated heterocycles. The molecule has 0 radical (unpaired) electrons. The molecule has 7 nitrogen and oxygen atoms in total. The summed E-state index contributed by atoms with van der Waals surface area (Å²) in [6.45, 7) is -0.848. The lowest BCUT2D eigenvalue weighted by Crippen LogP contribution is -2.40. The van der Waals surface area contributed by atoms with Crippen LogP contribution in [-0.4, -0.2) is 40.3 Å². The van der Waals surface area contributed by atoms with Crippen molar-refractivity contribution in [1.29, 1.82) is 0 Å². The number of nitro benzene ring substituents is 1. The van der Waals surface area contributed by atoms with Gasteiger partial charge in [0.1, 0.15) is 0 Å². The van der Waals surface area contributed by atoms with E-state index >= 15 is 0 Å². The minimum Gasteiger partial charge on any atom is -0.394 e. The average molecular weight is 275 g/mol. The fourth-order valence-electron chi connectivity index (χ4n) is 1.21. The molecule has 0 bridgehead atoms. The molecule has 0 atom stereocenters. The molecule has 0 aliphatic carbocycles. The van der Waals surface area contributed by atoms with Gasteiger partial charge in [0, 0.05) is 12.1 Å². The van der Waals surface area contributed by atoms with Crippen molar-refractivity contribution < 1.29 is 19.9 Å². The van der Waals surface area contributed by atoms with Crippen LogP contribution in [0.2, 0.25) is 5.02 Å². The van der Waals surface area contributed by atoms with Gasteiger partial charge in [-0.05, 0) is 6.07 Å². The zero-order valence-corrected chi connectivity index (χ0v) is 9.92. The number of carbonyl (C=O) groups is 1. The molecule has 18 heavy (non-hydrogen) atoms. The van der Waals surface area contributed by atoms with Gasteiger partial charge < -0.3 is 15.5 Å². The van der Waals surface area contributed by atoms with E-state index in [1.807, 2.05) is 0 Å². The van der Waals surface area contributed by atoms with Crippen LogP contribution >= 0.6 is 11.6 Å². The van der Waals surface area contributed by atoms with Crippen LogP contribution in [0.5, 0.6) is 0 Å². The SMILES string of the molecule is O=C(NC(CO)CO)c1ccc([N+](=O)[O-])cc1Cl. The second-order valence-electron chi connectivity index (χ2n) is 3.46. The first-order valence-electron chi connectivity index (χ1n) is 4.96. The number of benzene rings is 1. The molecular weight excluding hydrogens is 264 g/mol. The maximum Gasteiger partial charge on any atom is 0.270 e. The fraction of sp³-hybridized carbons (Fsp3) is 0.300. The van der Waals surface area contributed by atoms with Crippen molar-refractivity contribution >= 4 is 23.2 Å². The third-order valence-corrected chi connectivity index (χ3v) is 2.50. The quantitative estimate of drug-likeness (QED) is 0.529. The molecule has 0 spiro atoms. The topological polar surface area (TPSA) is 113 Å². The Morgan fingerprint density at radius 2 is 2.06 bits per heavy atom. The third kappa shape index (κ3) is 3.39. The number of nitrogens with one attached hydrogen (secondary N) is 1. The van der Waals surface area contributed by atoms with Gasteiger partial charge in [0.2, 0.25) is 0 Å². The van der Waals surface area contributed by atoms with Crippen LogP contribution in [0.4, 0.5) is 5.69 Å². The smallest absolute Gasteiger partial charge is 0.270 e. The van der Waals surface area contributed by atoms with E-state index in [9.17, 15) is 14.9 Å². The van der Waals surface area contributed by atoms with Crippen molar-refractivity contribution in [2.45, 2.75) is 6.04 Å². The molecular formula is C10H11ClN2O5. The van der Waals surface area contributed by atoms with E-state index in [0.29, 0.717) is 0 Å². The van der Waals surface area contributed by atoms with E-state index in [-0.39, 0.29) is 16.3 Å². The van der Waals surface area contributed by atoms with Gasteiger partial charge in [0.15, 0.2) is 0 Å². The summed E-state index contributed by atoms with van der Waals surface area (Å²) in [7, 11) is 0. The first kappa shape index (κ1) is 14.4. The number of aliphatic hydroxyl groups is 2. The molecule has 1 aromatic carbocycles. The van der Waals surface area contributed by atoms with Crippen LogP contribution in [0.3, 0.4) is 0 Å². The molecule has 1 rings (SSSR count). The first-order valence-corrected chi connectivity index (χ1v) is 5.34. The Labute approximate surface area is 107 Å². The third-order valence-electron chi connectivity index (χ3n) is 2.18. The van der Waals surface area contributed by atoms with E-state index in [1.165, 1.54) is 6.07 Å². The molecule has 0 heterocycles. The molecule has 8 heteroatoms. The number of hydrogen-bond donors (Lipinski definition) is 3. The second-order valence-corrected chi connectivity index (χ2v) is 3.86. The lowest BCUT2D eigenvalue weighted by molar-refractivity contribution is -0.384. The maximum atomic E-state index is 11.7. The molecule has 0 aliphatic heterocycles. The fourth-order valence-corrected chi connectivity index (χ4v) is 1.47. The highest BCUT2D eigenvalue weighted by Gasteiger charge is 2.17. The van der Waals surface area contributed by atoms with Crippen molar-refractivity contribution in [3.63, 3.8) is 0 Å². The molecule has 98 valence electrons. The van der Waals surface area contributed by atoms with Gasteiger partial charge >= 0.3 is 0 Å². The molecule has 0 aromatic heterocycles. The molecule has 3 N–H and O–H groups in total. The lowest BCUT2D eigenvalue weighted by Gasteiger charge is -2.13. The number of halogens is 1. The van der Waals surface area contributed by atoms with Gasteiger partial charge in [-0.2, -0.15) is 0 Å². The first-order chi connectivity index (χ1) is 8.49. The highest BCUT2D eigenvalue weighted by Crippen LogP contribution is 2.22. The van der Waals surface area contributed by atoms with Crippen LogP contribution in [0, 0.1) is 10.1 Å². The van der Waals surface area contributed by atoms with Crippen molar-refractivity contribution in [1.82, 2.24) is 5.32 Å². The minimum absolute atomic E-state index is 0.0363. The van der Waals surface area contributed by atoms with Gasteiger partial charge in [-0.25, -0.2) is 0 Å².